The van der Waals surface area contributed by atoms with Gasteiger partial charge in [0.1, 0.15) is 5.82 Å². The number of aromatic nitrogens is 4. The Bertz CT molecular complexity index is 1220. The molecule has 1 aromatic carbocycles. The molecule has 0 saturated carbocycles. The quantitative estimate of drug-likeness (QED) is 0.472. The Balaban J connectivity index is 0.000000160. The van der Waals surface area contributed by atoms with Crippen molar-refractivity contribution in [3.8, 4) is 11.3 Å². The second kappa shape index (κ2) is 10.4. The predicted octanol–water partition coefficient (Wildman–Crippen LogP) is 5.21. The fourth-order valence-electron chi connectivity index (χ4n) is 4.19. The van der Waals surface area contributed by atoms with Crippen molar-refractivity contribution in [2.24, 2.45) is 7.05 Å². The monoisotopic (exact) mass is 440 g/mol. The smallest absolute Gasteiger partial charge is 0.126 e. The van der Waals surface area contributed by atoms with Gasteiger partial charge in [-0.15, -0.1) is 0 Å². The lowest BCUT2D eigenvalue weighted by Crippen LogP contribution is -2.29. The molecule has 6 heteroatoms. The molecule has 5 rings (SSSR count). The number of rotatable bonds is 4. The normalized spacial score (nSPS) is 14.5. The minimum Gasteiger partial charge on any atom is -0.373 e. The molecule has 1 N–H and O–H groups in total. The average Bonchev–Trinajstić information content (AvgIpc) is 3.30. The summed E-state index contributed by atoms with van der Waals surface area (Å²) in [4.78, 5) is 15.3. The number of likely N-dealkylation sites (tertiary alicyclic amines) is 1. The van der Waals surface area contributed by atoms with Gasteiger partial charge < -0.3 is 14.8 Å². The van der Waals surface area contributed by atoms with Crippen molar-refractivity contribution in [1.29, 1.82) is 0 Å². The number of nitrogens with one attached hydrogen (secondary N) is 1. The van der Waals surface area contributed by atoms with Crippen LogP contribution in [0.1, 0.15) is 30.0 Å². The van der Waals surface area contributed by atoms with Crippen LogP contribution in [0.4, 0.5) is 5.82 Å². The molecule has 1 saturated heterocycles. The SMILES string of the molecule is C=Cc1ccnc(C2CCN(C)CC2)c1.CNc1cc2cc(-c3cncn3C)ccc2cn1. The number of imidazole rings is 1. The van der Waals surface area contributed by atoms with E-state index < -0.39 is 0 Å². The molecule has 0 bridgehead atoms. The Hall–Kier alpha value is -3.51. The van der Waals surface area contributed by atoms with Crippen LogP contribution in [0.2, 0.25) is 0 Å². The molecule has 0 spiro atoms. The zero-order valence-corrected chi connectivity index (χ0v) is 19.7. The van der Waals surface area contributed by atoms with Crippen molar-refractivity contribution in [3.63, 3.8) is 0 Å². The van der Waals surface area contributed by atoms with Gasteiger partial charge in [0.15, 0.2) is 0 Å². The molecule has 0 unspecified atom stereocenters. The molecule has 3 aromatic heterocycles. The van der Waals surface area contributed by atoms with Gasteiger partial charge in [-0.1, -0.05) is 24.8 Å². The largest absolute Gasteiger partial charge is 0.373 e. The molecule has 4 aromatic rings. The predicted molar refractivity (Wildman–Crippen MR) is 137 cm³/mol. The molecule has 1 fully saturated rings. The van der Waals surface area contributed by atoms with E-state index in [4.69, 9.17) is 0 Å². The van der Waals surface area contributed by atoms with Gasteiger partial charge in [-0.2, -0.15) is 0 Å². The van der Waals surface area contributed by atoms with Gasteiger partial charge in [-0.3, -0.25) is 4.98 Å². The summed E-state index contributed by atoms with van der Waals surface area (Å²) in [5, 5.41) is 5.37. The van der Waals surface area contributed by atoms with Crippen LogP contribution in [0.25, 0.3) is 28.1 Å². The van der Waals surface area contributed by atoms with Crippen LogP contribution in [0.5, 0.6) is 0 Å². The lowest BCUT2D eigenvalue weighted by molar-refractivity contribution is 0.253. The maximum atomic E-state index is 4.47. The summed E-state index contributed by atoms with van der Waals surface area (Å²) >= 11 is 0. The van der Waals surface area contributed by atoms with Crippen LogP contribution < -0.4 is 5.32 Å². The summed E-state index contributed by atoms with van der Waals surface area (Å²) in [6.45, 7) is 6.16. The number of anilines is 1. The highest BCUT2D eigenvalue weighted by Gasteiger charge is 2.19. The third-order valence-electron chi connectivity index (χ3n) is 6.27. The lowest BCUT2D eigenvalue weighted by atomic mass is 9.92. The van der Waals surface area contributed by atoms with E-state index in [0.717, 1.165) is 22.5 Å². The van der Waals surface area contributed by atoms with Crippen LogP contribution in [0.3, 0.4) is 0 Å². The van der Waals surface area contributed by atoms with Crippen molar-refractivity contribution in [2.75, 3.05) is 32.5 Å². The number of fused-ring (bicyclic) bond motifs is 1. The van der Waals surface area contributed by atoms with Gasteiger partial charge in [0.2, 0.25) is 0 Å². The zero-order valence-electron chi connectivity index (χ0n) is 19.7. The molecule has 0 atom stereocenters. The Morgan fingerprint density at radius 1 is 1.00 bits per heavy atom. The Kier molecular flexibility index (Phi) is 7.15. The standard InChI is InChI=1S/C14H14N4.C13H18N2/c1-15-14-6-12-5-10(3-4-11(12)7-17-14)13-8-16-9-18(13)2;1-3-11-4-7-14-13(10-11)12-5-8-15(2)9-6-12/h3-9H,1-2H3,(H,15,17);3-4,7,10,12H,1,5-6,8-9H2,2H3. The molecular weight excluding hydrogens is 408 g/mol. The highest BCUT2D eigenvalue weighted by atomic mass is 15.1. The first kappa shape index (κ1) is 22.7. The molecule has 1 aliphatic rings. The van der Waals surface area contributed by atoms with Gasteiger partial charge >= 0.3 is 0 Å². The van der Waals surface area contributed by atoms with Crippen molar-refractivity contribution in [3.05, 3.63) is 79.2 Å². The molecule has 0 aliphatic carbocycles. The number of nitrogens with zero attached hydrogens (tertiary/aromatic N) is 5. The molecule has 0 amide bonds. The molecule has 6 nitrogen and oxygen atoms in total. The van der Waals surface area contributed by atoms with Crippen LogP contribution in [0.15, 0.2) is 67.9 Å². The number of hydrogen-bond donors (Lipinski definition) is 1. The van der Waals surface area contributed by atoms with E-state index in [1.807, 2.05) is 55.7 Å². The highest BCUT2D eigenvalue weighted by Crippen LogP contribution is 2.27. The fourth-order valence-corrected chi connectivity index (χ4v) is 4.19. The van der Waals surface area contributed by atoms with Crippen molar-refractivity contribution >= 4 is 22.7 Å². The first-order valence-electron chi connectivity index (χ1n) is 11.4. The van der Waals surface area contributed by atoms with Crippen molar-refractivity contribution in [2.45, 2.75) is 18.8 Å². The Labute approximate surface area is 196 Å². The van der Waals surface area contributed by atoms with E-state index >= 15 is 0 Å². The summed E-state index contributed by atoms with van der Waals surface area (Å²) in [5.41, 5.74) is 4.69. The average molecular weight is 441 g/mol. The molecular formula is C27H32N6. The molecule has 0 radical (unpaired) electrons. The van der Waals surface area contributed by atoms with Gasteiger partial charge in [0.05, 0.1) is 18.2 Å². The minimum absolute atomic E-state index is 0.640. The number of benzene rings is 1. The van der Waals surface area contributed by atoms with Gasteiger partial charge in [-0.05, 0) is 68.2 Å². The zero-order chi connectivity index (χ0) is 23.2. The fraction of sp³-hybridized carbons (Fsp3) is 0.296. The number of hydrogen-bond acceptors (Lipinski definition) is 5. The number of pyridine rings is 2. The maximum absolute atomic E-state index is 4.47. The van der Waals surface area contributed by atoms with Gasteiger partial charge in [-0.25, -0.2) is 9.97 Å². The number of aryl methyl sites for hydroxylation is 1. The number of piperidine rings is 1. The molecule has 170 valence electrons. The van der Waals surface area contributed by atoms with E-state index in [0.29, 0.717) is 5.92 Å². The molecule has 1 aliphatic heterocycles. The van der Waals surface area contributed by atoms with E-state index in [-0.39, 0.29) is 0 Å². The highest BCUT2D eigenvalue weighted by molar-refractivity contribution is 5.87. The topological polar surface area (TPSA) is 58.9 Å². The van der Waals surface area contributed by atoms with Crippen LogP contribution >= 0.6 is 0 Å². The summed E-state index contributed by atoms with van der Waals surface area (Å²) in [6.07, 6.45) is 11.8. The second-order valence-electron chi connectivity index (χ2n) is 8.57. The summed E-state index contributed by atoms with van der Waals surface area (Å²) in [5.74, 6) is 1.52. The first-order valence-corrected chi connectivity index (χ1v) is 11.4. The third kappa shape index (κ3) is 5.46. The second-order valence-corrected chi connectivity index (χ2v) is 8.57. The van der Waals surface area contributed by atoms with Gasteiger partial charge in [0.25, 0.3) is 0 Å². The summed E-state index contributed by atoms with van der Waals surface area (Å²) in [7, 11) is 6.06. The van der Waals surface area contributed by atoms with Gasteiger partial charge in [0, 0.05) is 49.1 Å². The maximum Gasteiger partial charge on any atom is 0.126 e. The van der Waals surface area contributed by atoms with E-state index in [1.54, 1.807) is 0 Å². The molecule has 33 heavy (non-hydrogen) atoms. The summed E-state index contributed by atoms with van der Waals surface area (Å²) in [6, 6.07) is 12.6. The minimum atomic E-state index is 0.640. The Morgan fingerprint density at radius 2 is 1.82 bits per heavy atom. The van der Waals surface area contributed by atoms with E-state index in [1.165, 1.54) is 42.6 Å². The summed E-state index contributed by atoms with van der Waals surface area (Å²) < 4.78 is 2.02. The first-order chi connectivity index (χ1) is 16.1. The molecule has 4 heterocycles. The Morgan fingerprint density at radius 3 is 2.52 bits per heavy atom. The lowest BCUT2D eigenvalue weighted by Gasteiger charge is -2.28. The van der Waals surface area contributed by atoms with Crippen molar-refractivity contribution < 1.29 is 0 Å². The van der Waals surface area contributed by atoms with Crippen molar-refractivity contribution in [1.82, 2.24) is 24.4 Å². The van der Waals surface area contributed by atoms with E-state index in [2.05, 4.69) is 69.1 Å². The third-order valence-corrected chi connectivity index (χ3v) is 6.27. The van der Waals surface area contributed by atoms with E-state index in [9.17, 15) is 0 Å². The van der Waals surface area contributed by atoms with Crippen LogP contribution in [0, 0.1) is 0 Å². The van der Waals surface area contributed by atoms with Crippen LogP contribution in [-0.2, 0) is 7.05 Å². The van der Waals surface area contributed by atoms with Crippen LogP contribution in [-0.4, -0.2) is 51.6 Å².